The summed E-state index contributed by atoms with van der Waals surface area (Å²) in [5.41, 5.74) is 4.10. The molecule has 0 saturated carbocycles. The molecule has 1 aromatic carbocycles. The molecule has 0 aliphatic heterocycles. The van der Waals surface area contributed by atoms with E-state index in [1.165, 1.54) is 21.1 Å². The number of hydrogen-bond donors (Lipinski definition) is 1. The molecule has 0 aromatic heterocycles. The van der Waals surface area contributed by atoms with E-state index in [-0.39, 0.29) is 18.1 Å². The number of rotatable bonds is 7. The van der Waals surface area contributed by atoms with Crippen LogP contribution in [0.5, 0.6) is 11.5 Å². The maximum atomic E-state index is 14.1. The first kappa shape index (κ1) is 18.6. The van der Waals surface area contributed by atoms with Crippen molar-refractivity contribution < 1.29 is 32.7 Å². The van der Waals surface area contributed by atoms with Crippen molar-refractivity contribution in [3.8, 4) is 11.5 Å². The first-order chi connectivity index (χ1) is 10.7. The highest BCUT2D eigenvalue weighted by atomic mass is 19.3. The number of ether oxygens (including phenoxy) is 3. The van der Waals surface area contributed by atoms with Gasteiger partial charge in [-0.2, -0.15) is 8.78 Å². The highest BCUT2D eigenvalue weighted by Gasteiger charge is 2.50. The molecule has 0 amide bonds. The van der Waals surface area contributed by atoms with Crippen LogP contribution in [0.1, 0.15) is 18.5 Å². The first-order valence-electron chi connectivity index (χ1n) is 6.41. The van der Waals surface area contributed by atoms with Crippen LogP contribution >= 0.6 is 0 Å². The Hall–Kier alpha value is -2.49. The maximum absolute atomic E-state index is 14.1. The average molecular weight is 334 g/mol. The molecular formula is C13H16F2N2O6. The van der Waals surface area contributed by atoms with Crippen LogP contribution in [0, 0.1) is 10.1 Å². The van der Waals surface area contributed by atoms with Gasteiger partial charge in [0.1, 0.15) is 6.04 Å². The Balaban J connectivity index is 3.44. The zero-order chi connectivity index (χ0) is 17.8. The second-order valence-corrected chi connectivity index (χ2v) is 4.34. The second kappa shape index (κ2) is 7.18. The molecule has 1 rings (SSSR count). The molecular weight excluding hydrogens is 318 g/mol. The van der Waals surface area contributed by atoms with Crippen LogP contribution in [0.3, 0.4) is 0 Å². The Morgan fingerprint density at radius 2 is 1.87 bits per heavy atom. The van der Waals surface area contributed by atoms with Crippen LogP contribution < -0.4 is 15.2 Å². The van der Waals surface area contributed by atoms with Crippen molar-refractivity contribution in [2.24, 2.45) is 5.73 Å². The van der Waals surface area contributed by atoms with Crippen LogP contribution in [-0.2, 0) is 9.53 Å². The van der Waals surface area contributed by atoms with Gasteiger partial charge < -0.3 is 19.9 Å². The average Bonchev–Trinajstić information content (AvgIpc) is 2.52. The van der Waals surface area contributed by atoms with E-state index in [1.807, 2.05) is 0 Å². The predicted molar refractivity (Wildman–Crippen MR) is 74.7 cm³/mol. The number of alkyl halides is 2. The van der Waals surface area contributed by atoms with Crippen LogP contribution in [-0.4, -0.2) is 37.6 Å². The van der Waals surface area contributed by atoms with Gasteiger partial charge in [-0.3, -0.25) is 10.1 Å². The lowest BCUT2D eigenvalue weighted by atomic mass is 9.98. The minimum absolute atomic E-state index is 0.0328. The third-order valence-corrected chi connectivity index (χ3v) is 3.00. The Morgan fingerprint density at radius 3 is 2.30 bits per heavy atom. The number of carbonyl (C=O) groups excluding carboxylic acids is 1. The van der Waals surface area contributed by atoms with Gasteiger partial charge in [-0.05, 0) is 13.0 Å². The van der Waals surface area contributed by atoms with E-state index < -0.39 is 34.1 Å². The van der Waals surface area contributed by atoms with E-state index in [2.05, 4.69) is 4.74 Å². The molecule has 0 radical (unpaired) electrons. The molecule has 0 saturated heterocycles. The molecule has 23 heavy (non-hydrogen) atoms. The summed E-state index contributed by atoms with van der Waals surface area (Å²) in [4.78, 5) is 21.6. The monoisotopic (exact) mass is 334 g/mol. The standard InChI is InChI=1S/C13H16F2N2O6/c1-4-23-12(18)13(14,15)11(16)7-5-9(21-2)10(22-3)6-8(7)17(19)20/h5-6,11H,4,16H2,1-3H3/t11-/m0/s1. The van der Waals surface area contributed by atoms with Gasteiger partial charge >= 0.3 is 11.9 Å². The van der Waals surface area contributed by atoms with E-state index in [9.17, 15) is 23.7 Å². The van der Waals surface area contributed by atoms with Crippen LogP contribution in [0.2, 0.25) is 0 Å². The summed E-state index contributed by atoms with van der Waals surface area (Å²) in [6.45, 7) is 1.06. The lowest BCUT2D eigenvalue weighted by Crippen LogP contribution is -2.42. The van der Waals surface area contributed by atoms with Crippen molar-refractivity contribution in [2.45, 2.75) is 18.9 Å². The summed E-state index contributed by atoms with van der Waals surface area (Å²) < 4.78 is 42.2. The molecule has 0 aliphatic carbocycles. The highest BCUT2D eigenvalue weighted by Crippen LogP contribution is 2.41. The third-order valence-electron chi connectivity index (χ3n) is 3.00. The number of benzene rings is 1. The minimum Gasteiger partial charge on any atom is -0.493 e. The third kappa shape index (κ3) is 3.65. The normalized spacial score (nSPS) is 12.4. The SMILES string of the molecule is CCOC(=O)C(F)(F)[C@@H](N)c1cc(OC)c(OC)cc1[N+](=O)[O-]. The van der Waals surface area contributed by atoms with Gasteiger partial charge in [-0.25, -0.2) is 4.79 Å². The van der Waals surface area contributed by atoms with Crippen LogP contribution in [0.15, 0.2) is 12.1 Å². The van der Waals surface area contributed by atoms with E-state index >= 15 is 0 Å². The van der Waals surface area contributed by atoms with Gasteiger partial charge in [0, 0.05) is 0 Å². The number of carbonyl (C=O) groups is 1. The maximum Gasteiger partial charge on any atom is 0.379 e. The Bertz CT molecular complexity index is 608. The number of nitrogens with two attached hydrogens (primary N) is 1. The van der Waals surface area contributed by atoms with Crippen molar-refractivity contribution in [2.75, 3.05) is 20.8 Å². The predicted octanol–water partition coefficient (Wildman–Crippen LogP) is 1.81. The summed E-state index contributed by atoms with van der Waals surface area (Å²) in [5.74, 6) is -6.09. The van der Waals surface area contributed by atoms with Gasteiger partial charge in [0.25, 0.3) is 5.69 Å². The number of nitro groups is 1. The molecule has 0 bridgehead atoms. The van der Waals surface area contributed by atoms with Gasteiger partial charge in [0.2, 0.25) is 0 Å². The summed E-state index contributed by atoms with van der Waals surface area (Å²) in [6.07, 6.45) is 0. The summed E-state index contributed by atoms with van der Waals surface area (Å²) in [6, 6.07) is -0.453. The molecule has 0 unspecified atom stereocenters. The molecule has 1 aromatic rings. The van der Waals surface area contributed by atoms with Crippen molar-refractivity contribution in [1.82, 2.24) is 0 Å². The van der Waals surface area contributed by atoms with Crippen LogP contribution in [0.4, 0.5) is 14.5 Å². The number of esters is 1. The molecule has 128 valence electrons. The fourth-order valence-corrected chi connectivity index (χ4v) is 1.84. The summed E-state index contributed by atoms with van der Waals surface area (Å²) in [5, 5.41) is 11.1. The topological polar surface area (TPSA) is 114 Å². The van der Waals surface area contributed by atoms with Crippen molar-refractivity contribution in [1.29, 1.82) is 0 Å². The second-order valence-electron chi connectivity index (χ2n) is 4.34. The van der Waals surface area contributed by atoms with Gasteiger partial charge in [-0.1, -0.05) is 0 Å². The van der Waals surface area contributed by atoms with Crippen molar-refractivity contribution >= 4 is 11.7 Å². The Labute approximate surface area is 130 Å². The summed E-state index contributed by atoms with van der Waals surface area (Å²) in [7, 11) is 2.46. The number of hydrogen-bond acceptors (Lipinski definition) is 7. The molecule has 0 spiro atoms. The van der Waals surface area contributed by atoms with Crippen molar-refractivity contribution in [3.05, 3.63) is 27.8 Å². The van der Waals surface area contributed by atoms with E-state index in [4.69, 9.17) is 15.2 Å². The molecule has 0 heterocycles. The Kier molecular flexibility index (Phi) is 5.79. The first-order valence-corrected chi connectivity index (χ1v) is 6.41. The lowest BCUT2D eigenvalue weighted by Gasteiger charge is -2.22. The van der Waals surface area contributed by atoms with E-state index in [0.29, 0.717) is 0 Å². The van der Waals surface area contributed by atoms with Gasteiger partial charge in [-0.15, -0.1) is 0 Å². The molecule has 2 N–H and O–H groups in total. The summed E-state index contributed by atoms with van der Waals surface area (Å²) >= 11 is 0. The molecule has 1 atom stereocenters. The molecule has 0 fully saturated rings. The quantitative estimate of drug-likeness (QED) is 0.459. The molecule has 10 heteroatoms. The highest BCUT2D eigenvalue weighted by molar-refractivity contribution is 5.79. The Morgan fingerprint density at radius 1 is 1.35 bits per heavy atom. The van der Waals surface area contributed by atoms with Gasteiger partial charge in [0.15, 0.2) is 11.5 Å². The number of nitrogens with zero attached hydrogens (tertiary/aromatic N) is 1. The molecule has 8 nitrogen and oxygen atoms in total. The van der Waals surface area contributed by atoms with Gasteiger partial charge in [0.05, 0.1) is 37.4 Å². The number of halogens is 2. The number of nitro benzene ring substituents is 1. The van der Waals surface area contributed by atoms with Crippen molar-refractivity contribution in [3.63, 3.8) is 0 Å². The fourth-order valence-electron chi connectivity index (χ4n) is 1.84. The largest absolute Gasteiger partial charge is 0.493 e. The fraction of sp³-hybridized carbons (Fsp3) is 0.462. The smallest absolute Gasteiger partial charge is 0.379 e. The minimum atomic E-state index is -4.15. The number of methoxy groups -OCH3 is 2. The zero-order valence-corrected chi connectivity index (χ0v) is 12.7. The van der Waals surface area contributed by atoms with Crippen LogP contribution in [0.25, 0.3) is 0 Å². The lowest BCUT2D eigenvalue weighted by molar-refractivity contribution is -0.386. The van der Waals surface area contributed by atoms with E-state index in [1.54, 1.807) is 0 Å². The zero-order valence-electron chi connectivity index (χ0n) is 12.7. The molecule has 0 aliphatic rings. The van der Waals surface area contributed by atoms with E-state index in [0.717, 1.165) is 12.1 Å².